The third-order valence-corrected chi connectivity index (χ3v) is 5.01. The molecule has 0 aromatic heterocycles. The summed E-state index contributed by atoms with van der Waals surface area (Å²) in [6.45, 7) is 2.36. The maximum Gasteiger partial charge on any atom is 0.201 e. The van der Waals surface area contributed by atoms with E-state index in [1.807, 2.05) is 0 Å². The van der Waals surface area contributed by atoms with Crippen LogP contribution in [0.5, 0.6) is 11.5 Å². The van der Waals surface area contributed by atoms with E-state index >= 15 is 0 Å². The van der Waals surface area contributed by atoms with Crippen molar-refractivity contribution in [3.8, 4) is 22.6 Å². The van der Waals surface area contributed by atoms with Crippen molar-refractivity contribution in [1.82, 2.24) is 0 Å². The highest BCUT2D eigenvalue weighted by atomic mass is 19.2. The fourth-order valence-corrected chi connectivity index (χ4v) is 3.25. The molecule has 0 unspecified atom stereocenters. The first-order chi connectivity index (χ1) is 14.5. The zero-order chi connectivity index (χ0) is 21.5. The number of methoxy groups -OCH3 is 1. The Labute approximate surface area is 175 Å². The topological polar surface area (TPSA) is 18.5 Å². The van der Waals surface area contributed by atoms with E-state index in [0.717, 1.165) is 31.2 Å². The van der Waals surface area contributed by atoms with Crippen LogP contribution in [0.2, 0.25) is 0 Å². The molecule has 5 heteroatoms. The van der Waals surface area contributed by atoms with E-state index in [9.17, 15) is 13.2 Å². The Kier molecular flexibility index (Phi) is 7.39. The first kappa shape index (κ1) is 21.8. The highest BCUT2D eigenvalue weighted by Gasteiger charge is 2.15. The fraction of sp³-hybridized carbons (Fsp3) is 0.280. The molecule has 30 heavy (non-hydrogen) atoms. The van der Waals surface area contributed by atoms with Crippen molar-refractivity contribution >= 4 is 0 Å². The second-order valence-corrected chi connectivity index (χ2v) is 7.14. The predicted octanol–water partition coefficient (Wildman–Crippen LogP) is 7.09. The largest absolute Gasteiger partial charge is 0.494 e. The molecule has 0 saturated heterocycles. The molecule has 0 aliphatic rings. The molecule has 0 atom stereocenters. The Bertz CT molecular complexity index is 984. The Hall–Kier alpha value is -2.95. The van der Waals surface area contributed by atoms with Crippen LogP contribution in [0.4, 0.5) is 13.2 Å². The van der Waals surface area contributed by atoms with Gasteiger partial charge in [-0.15, -0.1) is 0 Å². The average Bonchev–Trinajstić information content (AvgIpc) is 2.76. The summed E-state index contributed by atoms with van der Waals surface area (Å²) in [6, 6.07) is 14.8. The lowest BCUT2D eigenvalue weighted by atomic mass is 10.0. The van der Waals surface area contributed by atoms with Crippen molar-refractivity contribution in [2.75, 3.05) is 7.11 Å². The number of benzene rings is 3. The van der Waals surface area contributed by atoms with E-state index in [1.54, 1.807) is 36.4 Å². The van der Waals surface area contributed by atoms with E-state index in [2.05, 4.69) is 6.92 Å². The van der Waals surface area contributed by atoms with Crippen LogP contribution in [0, 0.1) is 17.5 Å². The van der Waals surface area contributed by atoms with Gasteiger partial charge in [-0.1, -0.05) is 50.1 Å². The third kappa shape index (κ3) is 5.15. The summed E-state index contributed by atoms with van der Waals surface area (Å²) in [7, 11) is 1.29. The molecule has 2 nitrogen and oxygen atoms in total. The van der Waals surface area contributed by atoms with Gasteiger partial charge in [0, 0.05) is 11.6 Å². The summed E-state index contributed by atoms with van der Waals surface area (Å²) in [5, 5.41) is 0. The van der Waals surface area contributed by atoms with Crippen LogP contribution in [0.15, 0.2) is 54.6 Å². The zero-order valence-corrected chi connectivity index (χ0v) is 17.2. The van der Waals surface area contributed by atoms with Crippen molar-refractivity contribution in [2.45, 2.75) is 39.2 Å². The Morgan fingerprint density at radius 2 is 1.60 bits per heavy atom. The van der Waals surface area contributed by atoms with Crippen molar-refractivity contribution in [1.29, 1.82) is 0 Å². The van der Waals surface area contributed by atoms with Crippen LogP contribution in [0.25, 0.3) is 11.1 Å². The van der Waals surface area contributed by atoms with Crippen LogP contribution in [-0.4, -0.2) is 7.11 Å². The van der Waals surface area contributed by atoms with Crippen LogP contribution in [0.3, 0.4) is 0 Å². The summed E-state index contributed by atoms with van der Waals surface area (Å²) < 4.78 is 52.9. The lowest BCUT2D eigenvalue weighted by Crippen LogP contribution is -1.98. The molecule has 0 spiro atoms. The summed E-state index contributed by atoms with van der Waals surface area (Å²) in [5.74, 6) is -1.89. The highest BCUT2D eigenvalue weighted by Crippen LogP contribution is 2.30. The number of rotatable bonds is 9. The molecular weight excluding hydrogens is 389 g/mol. The standard InChI is InChI=1S/C25H25F3O2/c1-3-4-5-6-19-11-12-20(15-22(19)26)30-16-17-7-9-18(10-8-17)21-13-14-23(29-2)25(28)24(21)27/h7-15H,3-6,16H2,1-2H3. The normalized spacial score (nSPS) is 10.8. The van der Waals surface area contributed by atoms with E-state index in [4.69, 9.17) is 9.47 Å². The first-order valence-corrected chi connectivity index (χ1v) is 10.1. The second-order valence-electron chi connectivity index (χ2n) is 7.14. The molecule has 0 bridgehead atoms. The van der Waals surface area contributed by atoms with E-state index in [0.29, 0.717) is 16.9 Å². The quantitative estimate of drug-likeness (QED) is 0.348. The van der Waals surface area contributed by atoms with Gasteiger partial charge < -0.3 is 9.47 Å². The van der Waals surface area contributed by atoms with E-state index < -0.39 is 11.6 Å². The molecule has 3 aromatic rings. The predicted molar refractivity (Wildman–Crippen MR) is 112 cm³/mol. The van der Waals surface area contributed by atoms with Crippen molar-refractivity contribution in [3.63, 3.8) is 0 Å². The van der Waals surface area contributed by atoms with Gasteiger partial charge in [0.1, 0.15) is 18.2 Å². The molecule has 0 aliphatic carbocycles. The molecular formula is C25H25F3O2. The summed E-state index contributed by atoms with van der Waals surface area (Å²) in [6.07, 6.45) is 3.88. The molecule has 0 aliphatic heterocycles. The Balaban J connectivity index is 1.64. The Morgan fingerprint density at radius 1 is 0.833 bits per heavy atom. The monoisotopic (exact) mass is 414 g/mol. The van der Waals surface area contributed by atoms with Crippen LogP contribution in [-0.2, 0) is 13.0 Å². The van der Waals surface area contributed by atoms with Gasteiger partial charge in [0.15, 0.2) is 11.6 Å². The van der Waals surface area contributed by atoms with Crippen molar-refractivity contribution in [3.05, 3.63) is 83.2 Å². The van der Waals surface area contributed by atoms with E-state index in [-0.39, 0.29) is 23.7 Å². The Morgan fingerprint density at radius 3 is 2.27 bits per heavy atom. The van der Waals surface area contributed by atoms with Gasteiger partial charge >= 0.3 is 0 Å². The minimum absolute atomic E-state index is 0.134. The third-order valence-electron chi connectivity index (χ3n) is 5.01. The maximum atomic E-state index is 14.3. The minimum Gasteiger partial charge on any atom is -0.494 e. The average molecular weight is 414 g/mol. The van der Waals surface area contributed by atoms with Gasteiger partial charge in [-0.25, -0.2) is 8.78 Å². The number of hydrogen-bond acceptors (Lipinski definition) is 2. The maximum absolute atomic E-state index is 14.3. The first-order valence-electron chi connectivity index (χ1n) is 10.1. The van der Waals surface area contributed by atoms with Gasteiger partial charge in [-0.3, -0.25) is 0 Å². The molecule has 0 saturated carbocycles. The molecule has 3 aromatic carbocycles. The summed E-state index contributed by atoms with van der Waals surface area (Å²) in [4.78, 5) is 0. The van der Waals surface area contributed by atoms with Gasteiger partial charge in [0.05, 0.1) is 7.11 Å². The second kappa shape index (κ2) is 10.2. The van der Waals surface area contributed by atoms with Crippen molar-refractivity contribution in [2.24, 2.45) is 0 Å². The highest BCUT2D eigenvalue weighted by molar-refractivity contribution is 5.65. The van der Waals surface area contributed by atoms with Crippen LogP contribution in [0.1, 0.15) is 37.3 Å². The number of halogens is 3. The molecule has 158 valence electrons. The van der Waals surface area contributed by atoms with Crippen LogP contribution >= 0.6 is 0 Å². The smallest absolute Gasteiger partial charge is 0.201 e. The number of ether oxygens (including phenoxy) is 2. The van der Waals surface area contributed by atoms with Crippen LogP contribution < -0.4 is 9.47 Å². The lowest BCUT2D eigenvalue weighted by Gasteiger charge is -2.10. The SMILES string of the molecule is CCCCCc1ccc(OCc2ccc(-c3ccc(OC)c(F)c3F)cc2)cc1F. The van der Waals surface area contributed by atoms with Gasteiger partial charge in [0.25, 0.3) is 0 Å². The van der Waals surface area contributed by atoms with Gasteiger partial charge in [-0.05, 0) is 47.7 Å². The number of aryl methyl sites for hydroxylation is 1. The fourth-order valence-electron chi connectivity index (χ4n) is 3.25. The minimum atomic E-state index is -1.01. The zero-order valence-electron chi connectivity index (χ0n) is 17.2. The summed E-state index contributed by atoms with van der Waals surface area (Å²) in [5.41, 5.74) is 2.23. The lowest BCUT2D eigenvalue weighted by molar-refractivity contribution is 0.304. The molecule has 0 heterocycles. The van der Waals surface area contributed by atoms with Gasteiger partial charge in [0.2, 0.25) is 5.82 Å². The number of hydrogen-bond donors (Lipinski definition) is 0. The molecule has 3 rings (SSSR count). The summed E-state index contributed by atoms with van der Waals surface area (Å²) >= 11 is 0. The van der Waals surface area contributed by atoms with E-state index in [1.165, 1.54) is 25.3 Å². The molecule has 0 fully saturated rings. The molecule has 0 radical (unpaired) electrons. The number of unbranched alkanes of at least 4 members (excludes halogenated alkanes) is 2. The molecule has 0 N–H and O–H groups in total. The van der Waals surface area contributed by atoms with Crippen molar-refractivity contribution < 1.29 is 22.6 Å². The van der Waals surface area contributed by atoms with Gasteiger partial charge in [-0.2, -0.15) is 4.39 Å². The molecule has 0 amide bonds.